The number of hydrogen-bond donors (Lipinski definition) is 0. The fraction of sp³-hybridized carbons (Fsp3) is 0.667. The van der Waals surface area contributed by atoms with Crippen LogP contribution in [0.25, 0.3) is 0 Å². The molecule has 1 aromatic heterocycles. The third-order valence-corrected chi connectivity index (χ3v) is 3.60. The highest BCUT2D eigenvalue weighted by atomic mass is 19.1. The standard InChI is InChI=1S/C12H16FN3O/c13-10-11(9-2-1-3-9)14-8-15-12(10)16-4-6-17-7-5-16/h8-9H,1-7H2. The summed E-state index contributed by atoms with van der Waals surface area (Å²) in [4.78, 5) is 10.1. The number of anilines is 1. The molecule has 1 aromatic rings. The molecule has 0 N–H and O–H groups in total. The number of nitrogens with zero attached hydrogens (tertiary/aromatic N) is 3. The lowest BCUT2D eigenvalue weighted by Crippen LogP contribution is -2.37. The van der Waals surface area contributed by atoms with Crippen molar-refractivity contribution in [2.75, 3.05) is 31.2 Å². The topological polar surface area (TPSA) is 38.2 Å². The molecule has 0 radical (unpaired) electrons. The predicted molar refractivity (Wildman–Crippen MR) is 61.6 cm³/mol. The molecule has 2 fully saturated rings. The van der Waals surface area contributed by atoms with Crippen LogP contribution in [0.5, 0.6) is 0 Å². The lowest BCUT2D eigenvalue weighted by Gasteiger charge is -2.30. The summed E-state index contributed by atoms with van der Waals surface area (Å²) in [5, 5.41) is 0. The minimum atomic E-state index is -0.223. The summed E-state index contributed by atoms with van der Waals surface area (Å²) in [6, 6.07) is 0. The smallest absolute Gasteiger partial charge is 0.187 e. The van der Waals surface area contributed by atoms with Crippen LogP contribution in [0, 0.1) is 5.82 Å². The van der Waals surface area contributed by atoms with Crippen molar-refractivity contribution < 1.29 is 9.13 Å². The van der Waals surface area contributed by atoms with E-state index in [-0.39, 0.29) is 5.82 Å². The molecule has 4 nitrogen and oxygen atoms in total. The maximum Gasteiger partial charge on any atom is 0.187 e. The Hall–Kier alpha value is -1.23. The molecule has 3 rings (SSSR count). The van der Waals surface area contributed by atoms with Gasteiger partial charge in [0.2, 0.25) is 0 Å². The molecule has 2 heterocycles. The van der Waals surface area contributed by atoms with Gasteiger partial charge in [0, 0.05) is 19.0 Å². The van der Waals surface area contributed by atoms with E-state index in [1.165, 1.54) is 12.7 Å². The van der Waals surface area contributed by atoms with E-state index in [1.54, 1.807) is 0 Å². The number of hydrogen-bond acceptors (Lipinski definition) is 4. The van der Waals surface area contributed by atoms with Crippen molar-refractivity contribution in [3.63, 3.8) is 0 Å². The Morgan fingerprint density at radius 1 is 1.24 bits per heavy atom. The first kappa shape index (κ1) is 10.9. The Bertz CT molecular complexity index is 403. The summed E-state index contributed by atoms with van der Waals surface area (Å²) in [6.45, 7) is 2.69. The summed E-state index contributed by atoms with van der Waals surface area (Å²) in [5.41, 5.74) is 0.604. The third-order valence-electron chi connectivity index (χ3n) is 3.60. The fourth-order valence-corrected chi connectivity index (χ4v) is 2.34. The SMILES string of the molecule is Fc1c(C2CCC2)ncnc1N1CCOCC1. The van der Waals surface area contributed by atoms with Crippen LogP contribution >= 0.6 is 0 Å². The molecule has 2 aliphatic rings. The van der Waals surface area contributed by atoms with E-state index in [2.05, 4.69) is 9.97 Å². The van der Waals surface area contributed by atoms with Crippen LogP contribution in [0.3, 0.4) is 0 Å². The van der Waals surface area contributed by atoms with Crippen molar-refractivity contribution in [3.05, 3.63) is 17.8 Å². The van der Waals surface area contributed by atoms with E-state index in [0.29, 0.717) is 43.7 Å². The van der Waals surface area contributed by atoms with Crippen LogP contribution in [0.4, 0.5) is 10.2 Å². The van der Waals surface area contributed by atoms with Gasteiger partial charge in [0.05, 0.1) is 18.9 Å². The van der Waals surface area contributed by atoms with Crippen LogP contribution < -0.4 is 4.90 Å². The zero-order valence-electron chi connectivity index (χ0n) is 9.73. The molecule has 92 valence electrons. The van der Waals surface area contributed by atoms with Crippen LogP contribution in [0.15, 0.2) is 6.33 Å². The normalized spacial score (nSPS) is 21.4. The Kier molecular flexibility index (Phi) is 2.93. The largest absolute Gasteiger partial charge is 0.378 e. The van der Waals surface area contributed by atoms with Crippen LogP contribution in [0.1, 0.15) is 30.9 Å². The number of rotatable bonds is 2. The van der Waals surface area contributed by atoms with Gasteiger partial charge in [-0.1, -0.05) is 6.42 Å². The highest BCUT2D eigenvalue weighted by Crippen LogP contribution is 2.37. The van der Waals surface area contributed by atoms with Gasteiger partial charge in [-0.2, -0.15) is 0 Å². The first-order chi connectivity index (χ1) is 8.36. The summed E-state index contributed by atoms with van der Waals surface area (Å²) >= 11 is 0. The highest BCUT2D eigenvalue weighted by molar-refractivity contribution is 5.42. The van der Waals surface area contributed by atoms with E-state index in [0.717, 1.165) is 12.8 Å². The third kappa shape index (κ3) is 1.99. The molecule has 0 aromatic carbocycles. The number of aromatic nitrogens is 2. The molecule has 0 spiro atoms. The Morgan fingerprint density at radius 2 is 2.00 bits per heavy atom. The van der Waals surface area contributed by atoms with Crippen molar-refractivity contribution in [1.82, 2.24) is 9.97 Å². The minimum Gasteiger partial charge on any atom is -0.378 e. The fourth-order valence-electron chi connectivity index (χ4n) is 2.34. The highest BCUT2D eigenvalue weighted by Gasteiger charge is 2.27. The molecule has 0 unspecified atom stereocenters. The number of halogens is 1. The molecule has 0 amide bonds. The van der Waals surface area contributed by atoms with Gasteiger partial charge >= 0.3 is 0 Å². The van der Waals surface area contributed by atoms with Crippen molar-refractivity contribution >= 4 is 5.82 Å². The maximum absolute atomic E-state index is 14.3. The van der Waals surface area contributed by atoms with Gasteiger partial charge in [-0.3, -0.25) is 0 Å². The van der Waals surface area contributed by atoms with E-state index in [4.69, 9.17) is 4.74 Å². The molecular formula is C12H16FN3O. The Balaban J connectivity index is 1.87. The number of morpholine rings is 1. The zero-order valence-corrected chi connectivity index (χ0v) is 9.73. The first-order valence-electron chi connectivity index (χ1n) is 6.19. The van der Waals surface area contributed by atoms with Gasteiger partial charge in [0.25, 0.3) is 0 Å². The molecular weight excluding hydrogens is 221 g/mol. The van der Waals surface area contributed by atoms with Crippen LogP contribution in [-0.2, 0) is 4.74 Å². The predicted octanol–water partition coefficient (Wildman–Crippen LogP) is 1.72. The molecule has 0 bridgehead atoms. The maximum atomic E-state index is 14.3. The average molecular weight is 237 g/mol. The van der Waals surface area contributed by atoms with Gasteiger partial charge in [-0.15, -0.1) is 0 Å². The molecule has 1 saturated carbocycles. The molecule has 5 heteroatoms. The monoisotopic (exact) mass is 237 g/mol. The summed E-state index contributed by atoms with van der Waals surface area (Å²) in [5.74, 6) is 0.530. The van der Waals surface area contributed by atoms with Crippen molar-refractivity contribution in [3.8, 4) is 0 Å². The quantitative estimate of drug-likeness (QED) is 0.785. The van der Waals surface area contributed by atoms with Crippen molar-refractivity contribution in [2.45, 2.75) is 25.2 Å². The minimum absolute atomic E-state index is 0.223. The van der Waals surface area contributed by atoms with Gasteiger partial charge < -0.3 is 9.64 Å². The van der Waals surface area contributed by atoms with Gasteiger partial charge in [-0.25, -0.2) is 14.4 Å². The second-order valence-corrected chi connectivity index (χ2v) is 4.62. The second kappa shape index (κ2) is 4.56. The number of ether oxygens (including phenoxy) is 1. The summed E-state index contributed by atoms with van der Waals surface area (Å²) < 4.78 is 19.6. The first-order valence-corrected chi connectivity index (χ1v) is 6.19. The van der Waals surface area contributed by atoms with E-state index < -0.39 is 0 Å². The summed E-state index contributed by atoms with van der Waals surface area (Å²) in [6.07, 6.45) is 4.77. The van der Waals surface area contributed by atoms with Gasteiger partial charge in [0.1, 0.15) is 6.33 Å². The lowest BCUT2D eigenvalue weighted by molar-refractivity contribution is 0.122. The van der Waals surface area contributed by atoms with E-state index >= 15 is 0 Å². The molecule has 0 atom stereocenters. The summed E-state index contributed by atoms with van der Waals surface area (Å²) in [7, 11) is 0. The molecule has 17 heavy (non-hydrogen) atoms. The molecule has 1 saturated heterocycles. The Labute approximate surface area is 99.8 Å². The molecule has 1 aliphatic carbocycles. The average Bonchev–Trinajstić information content (AvgIpc) is 2.31. The molecule has 1 aliphatic heterocycles. The van der Waals surface area contributed by atoms with Crippen molar-refractivity contribution in [1.29, 1.82) is 0 Å². The van der Waals surface area contributed by atoms with E-state index in [9.17, 15) is 4.39 Å². The van der Waals surface area contributed by atoms with Crippen LogP contribution in [-0.4, -0.2) is 36.3 Å². The van der Waals surface area contributed by atoms with Gasteiger partial charge in [-0.05, 0) is 12.8 Å². The second-order valence-electron chi connectivity index (χ2n) is 4.62. The zero-order chi connectivity index (χ0) is 11.7. The lowest BCUT2D eigenvalue weighted by atomic mass is 9.82. The van der Waals surface area contributed by atoms with E-state index in [1.807, 2.05) is 4.90 Å². The Morgan fingerprint density at radius 3 is 2.65 bits per heavy atom. The van der Waals surface area contributed by atoms with Crippen LogP contribution in [0.2, 0.25) is 0 Å². The van der Waals surface area contributed by atoms with Gasteiger partial charge in [0.15, 0.2) is 11.6 Å². The van der Waals surface area contributed by atoms with Crippen molar-refractivity contribution in [2.24, 2.45) is 0 Å².